The van der Waals surface area contributed by atoms with Crippen molar-refractivity contribution in [2.75, 3.05) is 37.7 Å². The molecule has 0 atom stereocenters. The first kappa shape index (κ1) is 21.9. The number of pyridine rings is 1. The predicted molar refractivity (Wildman–Crippen MR) is 131 cm³/mol. The molecule has 178 valence electrons. The van der Waals surface area contributed by atoms with E-state index in [4.69, 9.17) is 27.9 Å². The summed E-state index contributed by atoms with van der Waals surface area (Å²) in [4.78, 5) is 33.1. The van der Waals surface area contributed by atoms with Gasteiger partial charge in [-0.25, -0.2) is 0 Å². The number of fused-ring (bicyclic) bond motifs is 2. The second kappa shape index (κ2) is 8.00. The van der Waals surface area contributed by atoms with Crippen LogP contribution in [-0.2, 0) is 17.7 Å². The van der Waals surface area contributed by atoms with Crippen LogP contribution in [0.4, 0.5) is 5.69 Å². The predicted octanol–water partition coefficient (Wildman–Crippen LogP) is 3.68. The normalized spacial score (nSPS) is 19.6. The van der Waals surface area contributed by atoms with Crippen LogP contribution >= 0.6 is 23.2 Å². The van der Waals surface area contributed by atoms with Crippen molar-refractivity contribution in [2.24, 2.45) is 5.41 Å². The zero-order valence-electron chi connectivity index (χ0n) is 18.8. The van der Waals surface area contributed by atoms with Crippen LogP contribution in [0.1, 0.15) is 40.0 Å². The van der Waals surface area contributed by atoms with Crippen LogP contribution in [0, 0.1) is 12.3 Å². The zero-order valence-corrected chi connectivity index (χ0v) is 20.4. The van der Waals surface area contributed by atoms with Crippen molar-refractivity contribution in [1.82, 2.24) is 20.1 Å². The molecule has 6 rings (SSSR count). The summed E-state index contributed by atoms with van der Waals surface area (Å²) < 4.78 is 5.52. The lowest BCUT2D eigenvalue weighted by Crippen LogP contribution is -2.58. The summed E-state index contributed by atoms with van der Waals surface area (Å²) in [6.07, 6.45) is 4.30. The number of hydrogen-bond acceptors (Lipinski definition) is 5. The number of carbonyl (C=O) groups is 1. The molecule has 0 saturated carbocycles. The van der Waals surface area contributed by atoms with Crippen molar-refractivity contribution in [2.45, 2.75) is 32.7 Å². The van der Waals surface area contributed by atoms with Crippen LogP contribution < -0.4 is 10.5 Å². The van der Waals surface area contributed by atoms with Crippen molar-refractivity contribution in [3.8, 4) is 0 Å². The molecule has 34 heavy (non-hydrogen) atoms. The largest absolute Gasteiger partial charge is 0.381 e. The monoisotopic (exact) mass is 501 g/mol. The summed E-state index contributed by atoms with van der Waals surface area (Å²) in [5.41, 5.74) is 4.08. The Labute approximate surface area is 206 Å². The number of carbonyl (C=O) groups excluding carboxylic acids is 1. The quantitative estimate of drug-likeness (QED) is 0.570. The van der Waals surface area contributed by atoms with Gasteiger partial charge in [0.15, 0.2) is 0 Å². The highest BCUT2D eigenvalue weighted by Crippen LogP contribution is 2.47. The smallest absolute Gasteiger partial charge is 0.256 e. The number of nitrogens with one attached hydrogen (secondary N) is 2. The molecule has 3 aromatic rings. The number of amides is 1. The first-order valence-corrected chi connectivity index (χ1v) is 12.3. The van der Waals surface area contributed by atoms with E-state index < -0.39 is 0 Å². The number of aromatic nitrogens is 3. The molecular formula is C24H25Cl2N5O3. The molecule has 0 radical (unpaired) electrons. The number of nitrogens with zero attached hydrogens (tertiary/aromatic N) is 3. The molecule has 0 bridgehead atoms. The molecule has 8 nitrogen and oxygen atoms in total. The second-order valence-electron chi connectivity index (χ2n) is 9.71. The van der Waals surface area contributed by atoms with Crippen LogP contribution in [0.2, 0.25) is 10.0 Å². The van der Waals surface area contributed by atoms with E-state index in [0.29, 0.717) is 39.8 Å². The number of aryl methyl sites for hydroxylation is 1. The van der Waals surface area contributed by atoms with Gasteiger partial charge in [-0.15, -0.1) is 0 Å². The van der Waals surface area contributed by atoms with Gasteiger partial charge in [0, 0.05) is 59.9 Å². The van der Waals surface area contributed by atoms with Gasteiger partial charge >= 0.3 is 0 Å². The molecule has 3 aliphatic rings. The minimum absolute atomic E-state index is 0.176. The summed E-state index contributed by atoms with van der Waals surface area (Å²) in [7, 11) is 0. The third kappa shape index (κ3) is 3.34. The molecule has 10 heteroatoms. The third-order valence-corrected chi connectivity index (χ3v) is 8.36. The molecule has 1 aromatic carbocycles. The second-order valence-corrected chi connectivity index (χ2v) is 10.5. The molecule has 2 N–H and O–H groups in total. The van der Waals surface area contributed by atoms with Gasteiger partial charge in [-0.3, -0.25) is 14.7 Å². The molecule has 2 aromatic heterocycles. The molecule has 3 aliphatic heterocycles. The van der Waals surface area contributed by atoms with Crippen molar-refractivity contribution in [3.63, 3.8) is 0 Å². The molecule has 1 amide bonds. The molecular weight excluding hydrogens is 477 g/mol. The fraction of sp³-hybridized carbons (Fsp3) is 0.458. The van der Waals surface area contributed by atoms with E-state index in [0.717, 1.165) is 61.3 Å². The molecule has 5 heterocycles. The zero-order chi connectivity index (χ0) is 23.6. The lowest BCUT2D eigenvalue weighted by Gasteiger charge is -2.53. The lowest BCUT2D eigenvalue weighted by molar-refractivity contribution is -0.000186. The first-order valence-electron chi connectivity index (χ1n) is 11.5. The van der Waals surface area contributed by atoms with Crippen LogP contribution in [0.5, 0.6) is 0 Å². The maximum absolute atomic E-state index is 13.6. The Kier molecular flexibility index (Phi) is 5.17. The minimum atomic E-state index is -0.217. The number of halogens is 2. The van der Waals surface area contributed by atoms with E-state index in [1.165, 1.54) is 0 Å². The summed E-state index contributed by atoms with van der Waals surface area (Å²) >= 11 is 13.5. The summed E-state index contributed by atoms with van der Waals surface area (Å²) in [6.45, 7) is 5.82. The SMILES string of the molecule is Cc1[nH]c(=O)c(CN2CCc3c(Cl)cc(N4CC5(CCOCC5)C4)c(Cl)c3C2=O)c2cn[nH]c12. The molecule has 0 aliphatic carbocycles. The maximum atomic E-state index is 13.6. The molecule has 1 spiro atoms. The maximum Gasteiger partial charge on any atom is 0.256 e. The van der Waals surface area contributed by atoms with Crippen LogP contribution in [0.25, 0.3) is 10.9 Å². The van der Waals surface area contributed by atoms with Gasteiger partial charge in [0.2, 0.25) is 0 Å². The van der Waals surface area contributed by atoms with Crippen LogP contribution in [0.3, 0.4) is 0 Å². The van der Waals surface area contributed by atoms with E-state index in [1.807, 2.05) is 13.0 Å². The van der Waals surface area contributed by atoms with Gasteiger partial charge in [0.1, 0.15) is 0 Å². The van der Waals surface area contributed by atoms with Gasteiger partial charge in [0.05, 0.1) is 34.5 Å². The average molecular weight is 502 g/mol. The van der Waals surface area contributed by atoms with Gasteiger partial charge in [-0.1, -0.05) is 23.2 Å². The summed E-state index contributed by atoms with van der Waals surface area (Å²) in [6, 6.07) is 1.90. The minimum Gasteiger partial charge on any atom is -0.381 e. The molecule has 0 unspecified atom stereocenters. The van der Waals surface area contributed by atoms with E-state index >= 15 is 0 Å². The van der Waals surface area contributed by atoms with Crippen molar-refractivity contribution in [3.05, 3.63) is 55.0 Å². The Balaban J connectivity index is 1.32. The van der Waals surface area contributed by atoms with Crippen LogP contribution in [0.15, 0.2) is 17.1 Å². The van der Waals surface area contributed by atoms with Crippen molar-refractivity contribution < 1.29 is 9.53 Å². The summed E-state index contributed by atoms with van der Waals surface area (Å²) in [5, 5.41) is 8.74. The van der Waals surface area contributed by atoms with Crippen molar-refractivity contribution >= 4 is 45.7 Å². The Morgan fingerprint density at radius 2 is 1.97 bits per heavy atom. The van der Waals surface area contributed by atoms with Gasteiger partial charge in [-0.05, 0) is 37.8 Å². The summed E-state index contributed by atoms with van der Waals surface area (Å²) in [5.74, 6) is -0.201. The number of benzene rings is 1. The lowest BCUT2D eigenvalue weighted by atomic mass is 9.73. The Hall–Kier alpha value is -2.55. The number of hydrogen-bond donors (Lipinski definition) is 2. The Morgan fingerprint density at radius 1 is 1.21 bits per heavy atom. The number of aromatic amines is 2. The third-order valence-electron chi connectivity index (χ3n) is 7.64. The highest BCUT2D eigenvalue weighted by atomic mass is 35.5. The van der Waals surface area contributed by atoms with Crippen molar-refractivity contribution in [1.29, 1.82) is 0 Å². The highest BCUT2D eigenvalue weighted by Gasteiger charge is 2.45. The molecule has 2 fully saturated rings. The number of ether oxygens (including phenoxy) is 1. The Bertz CT molecular complexity index is 1370. The standard InChI is InChI=1S/C24H25Cl2N5O3/c1-13-21-15(9-27-29-21)16(22(32)28-13)10-30-5-2-14-17(25)8-18(20(26)19(14)23(30)33)31-11-24(12-31)3-6-34-7-4-24/h8-9H,2-7,10-12H2,1H3,(H,27,29)(H,28,32). The number of H-pyrrole nitrogens is 2. The van der Waals surface area contributed by atoms with E-state index in [1.54, 1.807) is 11.1 Å². The molecule has 2 saturated heterocycles. The van der Waals surface area contributed by atoms with Gasteiger partial charge in [0.25, 0.3) is 11.5 Å². The van der Waals surface area contributed by atoms with Crippen LogP contribution in [-0.4, -0.2) is 58.8 Å². The number of anilines is 1. The van der Waals surface area contributed by atoms with Gasteiger partial charge in [-0.2, -0.15) is 5.10 Å². The number of rotatable bonds is 3. The Morgan fingerprint density at radius 3 is 2.74 bits per heavy atom. The first-order chi connectivity index (χ1) is 16.4. The van der Waals surface area contributed by atoms with Gasteiger partial charge < -0.3 is 19.5 Å². The fourth-order valence-corrected chi connectivity index (χ4v) is 6.30. The van der Waals surface area contributed by atoms with E-state index in [-0.39, 0.29) is 23.4 Å². The van der Waals surface area contributed by atoms with E-state index in [2.05, 4.69) is 20.1 Å². The van der Waals surface area contributed by atoms with E-state index in [9.17, 15) is 9.59 Å². The fourth-order valence-electron chi connectivity index (χ4n) is 5.64. The highest BCUT2D eigenvalue weighted by molar-refractivity contribution is 6.39. The average Bonchev–Trinajstić information content (AvgIpc) is 3.29. The topological polar surface area (TPSA) is 94.3 Å².